The second-order valence-electron chi connectivity index (χ2n) is 6.91. The fraction of sp³-hybridized carbons (Fsp3) is 0.316. The van der Waals surface area contributed by atoms with Gasteiger partial charge >= 0.3 is 0 Å². The van der Waals surface area contributed by atoms with Crippen LogP contribution >= 0.6 is 11.3 Å². The number of hydrogen-bond donors (Lipinski definition) is 1. The van der Waals surface area contributed by atoms with Crippen LogP contribution in [0.1, 0.15) is 28.8 Å². The summed E-state index contributed by atoms with van der Waals surface area (Å²) in [6, 6.07) is 6.17. The van der Waals surface area contributed by atoms with Crippen molar-refractivity contribution in [1.82, 2.24) is 14.3 Å². The van der Waals surface area contributed by atoms with Crippen LogP contribution in [0.25, 0.3) is 10.2 Å². The zero-order valence-electron chi connectivity index (χ0n) is 15.3. The minimum absolute atomic E-state index is 0.000668. The number of carbonyl (C=O) groups excluding carboxylic acids is 1. The Bertz CT molecular complexity index is 1220. The van der Waals surface area contributed by atoms with E-state index in [9.17, 15) is 18.0 Å². The molecule has 1 aliphatic rings. The van der Waals surface area contributed by atoms with E-state index < -0.39 is 22.5 Å². The maximum Gasteiger partial charge on any atom is 0.264 e. The van der Waals surface area contributed by atoms with E-state index in [2.05, 4.69) is 4.98 Å². The zero-order chi connectivity index (χ0) is 19.9. The summed E-state index contributed by atoms with van der Waals surface area (Å²) in [5.74, 6) is -0.784. The Morgan fingerprint density at radius 2 is 1.93 bits per heavy atom. The SMILES string of the molecule is Cc1ccc(S(=O)(=O)NC(=O)Cn2cnc3sc4c(c3c2=O)CCCC4)cc1. The predicted octanol–water partition coefficient (Wildman–Crippen LogP) is 2.15. The van der Waals surface area contributed by atoms with Crippen molar-refractivity contribution >= 4 is 37.5 Å². The normalized spacial score (nSPS) is 14.0. The summed E-state index contributed by atoms with van der Waals surface area (Å²) in [6.07, 6.45) is 5.23. The van der Waals surface area contributed by atoms with Gasteiger partial charge in [0, 0.05) is 4.88 Å². The summed E-state index contributed by atoms with van der Waals surface area (Å²) in [6.45, 7) is 1.44. The van der Waals surface area contributed by atoms with Gasteiger partial charge in [-0.2, -0.15) is 0 Å². The van der Waals surface area contributed by atoms with Crippen LogP contribution < -0.4 is 10.3 Å². The van der Waals surface area contributed by atoms with Crippen molar-refractivity contribution in [3.8, 4) is 0 Å². The highest BCUT2D eigenvalue weighted by molar-refractivity contribution is 7.90. The van der Waals surface area contributed by atoms with Gasteiger partial charge < -0.3 is 0 Å². The van der Waals surface area contributed by atoms with Crippen LogP contribution in [0.3, 0.4) is 0 Å². The summed E-state index contributed by atoms with van der Waals surface area (Å²) in [7, 11) is -3.99. The number of nitrogens with one attached hydrogen (secondary N) is 1. The Balaban J connectivity index is 1.59. The van der Waals surface area contributed by atoms with Gasteiger partial charge in [-0.1, -0.05) is 17.7 Å². The molecule has 2 heterocycles. The molecule has 0 aliphatic heterocycles. The van der Waals surface area contributed by atoms with E-state index in [1.165, 1.54) is 39.2 Å². The highest BCUT2D eigenvalue weighted by Gasteiger charge is 2.22. The van der Waals surface area contributed by atoms with Crippen molar-refractivity contribution < 1.29 is 13.2 Å². The van der Waals surface area contributed by atoms with E-state index in [1.54, 1.807) is 12.1 Å². The lowest BCUT2D eigenvalue weighted by molar-refractivity contribution is -0.119. The molecule has 0 unspecified atom stereocenters. The van der Waals surface area contributed by atoms with Gasteiger partial charge in [0.1, 0.15) is 11.4 Å². The lowest BCUT2D eigenvalue weighted by atomic mass is 9.97. The van der Waals surface area contributed by atoms with Crippen molar-refractivity contribution in [3.05, 3.63) is 57.0 Å². The molecule has 1 N–H and O–H groups in total. The smallest absolute Gasteiger partial charge is 0.264 e. The number of thiophene rings is 1. The van der Waals surface area contributed by atoms with Crippen LogP contribution in [0.5, 0.6) is 0 Å². The number of nitrogens with zero attached hydrogens (tertiary/aromatic N) is 2. The number of fused-ring (bicyclic) bond motifs is 3. The lowest BCUT2D eigenvalue weighted by Crippen LogP contribution is -2.36. The number of sulfonamides is 1. The number of aryl methyl sites for hydroxylation is 3. The third-order valence-corrected chi connectivity index (χ3v) is 7.42. The van der Waals surface area contributed by atoms with Gasteiger partial charge in [-0.15, -0.1) is 11.3 Å². The molecule has 7 nitrogen and oxygen atoms in total. The summed E-state index contributed by atoms with van der Waals surface area (Å²) < 4.78 is 27.9. The van der Waals surface area contributed by atoms with Crippen LogP contribution in [0.15, 0.2) is 40.3 Å². The fourth-order valence-electron chi connectivity index (χ4n) is 3.41. The molecule has 1 aromatic carbocycles. The number of aromatic nitrogens is 2. The first-order valence-corrected chi connectivity index (χ1v) is 11.3. The second-order valence-corrected chi connectivity index (χ2v) is 9.68. The van der Waals surface area contributed by atoms with Gasteiger partial charge in [-0.05, 0) is 50.3 Å². The molecule has 0 saturated heterocycles. The zero-order valence-corrected chi connectivity index (χ0v) is 16.9. The Hall–Kier alpha value is -2.52. The number of hydrogen-bond acceptors (Lipinski definition) is 6. The van der Waals surface area contributed by atoms with E-state index in [0.29, 0.717) is 10.2 Å². The van der Waals surface area contributed by atoms with Crippen molar-refractivity contribution in [2.45, 2.75) is 44.0 Å². The monoisotopic (exact) mass is 417 g/mol. The molecule has 0 atom stereocenters. The average Bonchev–Trinajstić information content (AvgIpc) is 3.03. The molecule has 4 rings (SSSR count). The molecule has 0 radical (unpaired) electrons. The Kier molecular flexibility index (Phi) is 4.80. The minimum Gasteiger partial charge on any atom is -0.289 e. The topological polar surface area (TPSA) is 98.1 Å². The van der Waals surface area contributed by atoms with Crippen molar-refractivity contribution in [3.63, 3.8) is 0 Å². The summed E-state index contributed by atoms with van der Waals surface area (Å²) in [5, 5.41) is 0.566. The van der Waals surface area contributed by atoms with Gasteiger partial charge in [0.05, 0.1) is 16.6 Å². The van der Waals surface area contributed by atoms with Gasteiger partial charge in [-0.3, -0.25) is 14.2 Å². The van der Waals surface area contributed by atoms with E-state index in [-0.39, 0.29) is 10.5 Å². The van der Waals surface area contributed by atoms with Crippen molar-refractivity contribution in [2.75, 3.05) is 0 Å². The number of rotatable bonds is 4. The quantitative estimate of drug-likeness (QED) is 0.701. The summed E-state index contributed by atoms with van der Waals surface area (Å²) in [4.78, 5) is 31.4. The van der Waals surface area contributed by atoms with Crippen LogP contribution in [-0.4, -0.2) is 23.9 Å². The first-order chi connectivity index (χ1) is 13.3. The third kappa shape index (κ3) is 3.47. The van der Waals surface area contributed by atoms with Crippen LogP contribution in [0.2, 0.25) is 0 Å². The summed E-state index contributed by atoms with van der Waals surface area (Å²) >= 11 is 1.53. The molecular formula is C19H19N3O4S2. The number of benzene rings is 1. The maximum atomic E-state index is 12.9. The maximum absolute atomic E-state index is 12.9. The first-order valence-electron chi connectivity index (χ1n) is 8.97. The minimum atomic E-state index is -3.99. The largest absolute Gasteiger partial charge is 0.289 e. The fourth-order valence-corrected chi connectivity index (χ4v) is 5.60. The third-order valence-electron chi connectivity index (χ3n) is 4.84. The molecule has 0 bridgehead atoms. The predicted molar refractivity (Wildman–Crippen MR) is 107 cm³/mol. The lowest BCUT2D eigenvalue weighted by Gasteiger charge is -2.11. The van der Waals surface area contributed by atoms with E-state index in [0.717, 1.165) is 36.8 Å². The highest BCUT2D eigenvalue weighted by Crippen LogP contribution is 2.33. The molecule has 3 aromatic rings. The molecule has 1 aliphatic carbocycles. The van der Waals surface area contributed by atoms with Gasteiger partial charge in [0.2, 0.25) is 0 Å². The molecular weight excluding hydrogens is 398 g/mol. The standard InChI is InChI=1S/C19H19N3O4S2/c1-12-6-8-13(9-7-12)28(25,26)21-16(23)10-22-11-20-18-17(19(22)24)14-4-2-3-5-15(14)27-18/h6-9,11H,2-5,10H2,1H3,(H,21,23). The molecule has 2 aromatic heterocycles. The highest BCUT2D eigenvalue weighted by atomic mass is 32.2. The Morgan fingerprint density at radius 1 is 1.21 bits per heavy atom. The van der Waals surface area contributed by atoms with Crippen molar-refractivity contribution in [2.24, 2.45) is 0 Å². The average molecular weight is 418 g/mol. The van der Waals surface area contributed by atoms with Gasteiger partial charge in [-0.25, -0.2) is 18.1 Å². The molecule has 9 heteroatoms. The van der Waals surface area contributed by atoms with Gasteiger partial charge in [0.15, 0.2) is 0 Å². The molecule has 0 fully saturated rings. The molecule has 146 valence electrons. The van der Waals surface area contributed by atoms with E-state index in [1.807, 2.05) is 11.6 Å². The van der Waals surface area contributed by atoms with Crippen LogP contribution in [-0.2, 0) is 34.2 Å². The van der Waals surface area contributed by atoms with E-state index >= 15 is 0 Å². The van der Waals surface area contributed by atoms with E-state index in [4.69, 9.17) is 0 Å². The van der Waals surface area contributed by atoms with Gasteiger partial charge in [0.25, 0.3) is 21.5 Å². The molecule has 28 heavy (non-hydrogen) atoms. The molecule has 1 amide bonds. The van der Waals surface area contributed by atoms with Crippen molar-refractivity contribution in [1.29, 1.82) is 0 Å². The number of amides is 1. The second kappa shape index (κ2) is 7.14. The first kappa shape index (κ1) is 18.8. The van der Waals surface area contributed by atoms with Crippen LogP contribution in [0.4, 0.5) is 0 Å². The Morgan fingerprint density at radius 3 is 2.68 bits per heavy atom. The summed E-state index contributed by atoms with van der Waals surface area (Å²) in [5.41, 5.74) is 1.65. The molecule has 0 saturated carbocycles. The molecule has 0 spiro atoms. The number of carbonyl (C=O) groups is 1. The van der Waals surface area contributed by atoms with Crippen LogP contribution in [0, 0.1) is 6.92 Å². The Labute approximate surface area is 166 Å².